The molecule has 2 aromatic rings. The van der Waals surface area contributed by atoms with Gasteiger partial charge in [-0.15, -0.1) is 0 Å². The molecule has 0 saturated heterocycles. The summed E-state index contributed by atoms with van der Waals surface area (Å²) in [6, 6.07) is 15.9. The standard InChI is InChI=1S/C24H26ClNO3/c1-29-22(28)24(26-20-7-4-6-19(25)16-20)12-10-23(11-13-24)18(9-14-27)15-17-5-2-3-8-21(17)23/h2-8,15-16,26-27H,9-14H2,1H3. The fourth-order valence-corrected chi connectivity index (χ4v) is 5.29. The number of aliphatic hydroxyl groups is 1. The van der Waals surface area contributed by atoms with E-state index in [9.17, 15) is 9.90 Å². The van der Waals surface area contributed by atoms with Crippen LogP contribution in [0.3, 0.4) is 0 Å². The number of fused-ring (bicyclic) bond motifs is 2. The van der Waals surface area contributed by atoms with Gasteiger partial charge in [0, 0.05) is 22.7 Å². The Kier molecular flexibility index (Phi) is 5.41. The van der Waals surface area contributed by atoms with Crippen LogP contribution in [0.15, 0.2) is 54.1 Å². The molecule has 29 heavy (non-hydrogen) atoms. The van der Waals surface area contributed by atoms with Crippen LogP contribution in [0.2, 0.25) is 5.02 Å². The highest BCUT2D eigenvalue weighted by molar-refractivity contribution is 6.30. The summed E-state index contributed by atoms with van der Waals surface area (Å²) in [6.07, 6.45) is 5.80. The minimum Gasteiger partial charge on any atom is -0.467 e. The van der Waals surface area contributed by atoms with Crippen molar-refractivity contribution in [3.8, 4) is 0 Å². The average Bonchev–Trinajstić information content (AvgIpc) is 3.03. The predicted molar refractivity (Wildman–Crippen MR) is 116 cm³/mol. The molecule has 0 radical (unpaired) electrons. The SMILES string of the molecule is COC(=O)C1(Nc2cccc(Cl)c2)CCC2(CC1)C(CCO)=Cc1ccccc12. The van der Waals surface area contributed by atoms with Crippen molar-refractivity contribution in [2.24, 2.45) is 0 Å². The number of aliphatic hydroxyl groups excluding tert-OH is 1. The van der Waals surface area contributed by atoms with Gasteiger partial charge in [-0.2, -0.15) is 0 Å². The Bertz CT molecular complexity index is 945. The quantitative estimate of drug-likeness (QED) is 0.683. The maximum Gasteiger partial charge on any atom is 0.331 e. The van der Waals surface area contributed by atoms with Crippen molar-refractivity contribution in [2.45, 2.75) is 43.1 Å². The van der Waals surface area contributed by atoms with Crippen LogP contribution in [0, 0.1) is 0 Å². The summed E-state index contributed by atoms with van der Waals surface area (Å²) in [5.41, 5.74) is 3.72. The van der Waals surface area contributed by atoms with Gasteiger partial charge in [0.1, 0.15) is 5.54 Å². The normalized spacial score (nSPS) is 25.4. The van der Waals surface area contributed by atoms with Crippen molar-refractivity contribution >= 4 is 29.3 Å². The number of anilines is 1. The Morgan fingerprint density at radius 2 is 1.90 bits per heavy atom. The van der Waals surface area contributed by atoms with E-state index >= 15 is 0 Å². The van der Waals surface area contributed by atoms with Gasteiger partial charge in [0.05, 0.1) is 7.11 Å². The summed E-state index contributed by atoms with van der Waals surface area (Å²) in [6.45, 7) is 0.129. The van der Waals surface area contributed by atoms with Crippen LogP contribution in [0.5, 0.6) is 0 Å². The Hall–Kier alpha value is -2.30. The summed E-state index contributed by atoms with van der Waals surface area (Å²) in [5.74, 6) is -0.244. The molecule has 2 N–H and O–H groups in total. The number of methoxy groups -OCH3 is 1. The molecule has 2 aliphatic carbocycles. The predicted octanol–water partition coefficient (Wildman–Crippen LogP) is 4.96. The van der Waals surface area contributed by atoms with Gasteiger partial charge in [-0.25, -0.2) is 4.79 Å². The van der Waals surface area contributed by atoms with Crippen molar-refractivity contribution in [3.63, 3.8) is 0 Å². The maximum atomic E-state index is 12.9. The first-order valence-electron chi connectivity index (χ1n) is 10.1. The van der Waals surface area contributed by atoms with Crippen molar-refractivity contribution in [3.05, 3.63) is 70.3 Å². The van der Waals surface area contributed by atoms with Gasteiger partial charge >= 0.3 is 5.97 Å². The molecular formula is C24H26ClNO3. The third-order valence-electron chi connectivity index (χ3n) is 6.54. The Morgan fingerprint density at radius 1 is 1.14 bits per heavy atom. The van der Waals surface area contributed by atoms with Crippen LogP contribution in [-0.2, 0) is 14.9 Å². The number of ether oxygens (including phenoxy) is 1. The fourth-order valence-electron chi connectivity index (χ4n) is 5.10. The van der Waals surface area contributed by atoms with Crippen LogP contribution in [-0.4, -0.2) is 30.3 Å². The molecule has 0 amide bonds. The summed E-state index contributed by atoms with van der Waals surface area (Å²) in [4.78, 5) is 12.9. The lowest BCUT2D eigenvalue weighted by atomic mass is 9.62. The van der Waals surface area contributed by atoms with E-state index in [2.05, 4.69) is 29.6 Å². The van der Waals surface area contributed by atoms with E-state index in [0.29, 0.717) is 24.3 Å². The highest BCUT2D eigenvalue weighted by atomic mass is 35.5. The Labute approximate surface area is 176 Å². The van der Waals surface area contributed by atoms with E-state index < -0.39 is 5.54 Å². The molecule has 2 aromatic carbocycles. The molecule has 4 nitrogen and oxygen atoms in total. The lowest BCUT2D eigenvalue weighted by Crippen LogP contribution is -2.52. The molecule has 4 rings (SSSR count). The monoisotopic (exact) mass is 411 g/mol. The minimum absolute atomic E-state index is 0.118. The van der Waals surface area contributed by atoms with Gasteiger partial charge in [0.25, 0.3) is 0 Å². The first-order chi connectivity index (χ1) is 14.0. The van der Waals surface area contributed by atoms with Crippen LogP contribution in [0.4, 0.5) is 5.69 Å². The smallest absolute Gasteiger partial charge is 0.331 e. The largest absolute Gasteiger partial charge is 0.467 e. The summed E-state index contributed by atoms with van der Waals surface area (Å²) in [5, 5.41) is 13.7. The summed E-state index contributed by atoms with van der Waals surface area (Å²) >= 11 is 6.14. The van der Waals surface area contributed by atoms with Gasteiger partial charge in [0.2, 0.25) is 0 Å². The highest BCUT2D eigenvalue weighted by Crippen LogP contribution is 2.54. The van der Waals surface area contributed by atoms with E-state index in [0.717, 1.165) is 18.5 Å². The molecule has 2 aliphatic rings. The molecule has 1 fully saturated rings. The zero-order valence-electron chi connectivity index (χ0n) is 16.6. The second kappa shape index (κ2) is 7.85. The van der Waals surface area contributed by atoms with Crippen molar-refractivity contribution < 1.29 is 14.6 Å². The number of halogens is 1. The van der Waals surface area contributed by atoms with Crippen LogP contribution < -0.4 is 5.32 Å². The van der Waals surface area contributed by atoms with E-state index in [1.807, 2.05) is 30.3 Å². The Morgan fingerprint density at radius 3 is 2.59 bits per heavy atom. The van der Waals surface area contributed by atoms with Crippen molar-refractivity contribution in [1.29, 1.82) is 0 Å². The number of esters is 1. The molecule has 0 bridgehead atoms. The van der Waals surface area contributed by atoms with E-state index in [1.54, 1.807) is 0 Å². The van der Waals surface area contributed by atoms with E-state index in [1.165, 1.54) is 23.8 Å². The van der Waals surface area contributed by atoms with Crippen molar-refractivity contribution in [1.82, 2.24) is 0 Å². The Balaban J connectivity index is 1.66. The number of benzene rings is 2. The van der Waals surface area contributed by atoms with Crippen molar-refractivity contribution in [2.75, 3.05) is 19.0 Å². The van der Waals surface area contributed by atoms with Gasteiger partial charge in [-0.3, -0.25) is 0 Å². The number of rotatable bonds is 5. The van der Waals surface area contributed by atoms with Gasteiger partial charge in [-0.1, -0.05) is 53.6 Å². The van der Waals surface area contributed by atoms with Crippen LogP contribution >= 0.6 is 11.6 Å². The number of hydrogen-bond donors (Lipinski definition) is 2. The molecule has 0 aliphatic heterocycles. The van der Waals surface area contributed by atoms with Crippen LogP contribution in [0.1, 0.15) is 43.2 Å². The van der Waals surface area contributed by atoms with Gasteiger partial charge < -0.3 is 15.2 Å². The molecule has 5 heteroatoms. The third-order valence-corrected chi connectivity index (χ3v) is 6.78. The molecule has 0 aromatic heterocycles. The first kappa shape index (κ1) is 20.0. The maximum absolute atomic E-state index is 12.9. The van der Waals surface area contributed by atoms with Crippen LogP contribution in [0.25, 0.3) is 6.08 Å². The molecular weight excluding hydrogens is 386 g/mol. The topological polar surface area (TPSA) is 58.6 Å². The zero-order valence-corrected chi connectivity index (χ0v) is 17.3. The fraction of sp³-hybridized carbons (Fsp3) is 0.375. The number of carbonyl (C=O) groups is 1. The molecule has 0 unspecified atom stereocenters. The molecule has 1 spiro atoms. The zero-order chi connectivity index (χ0) is 20.5. The second-order valence-electron chi connectivity index (χ2n) is 8.02. The second-order valence-corrected chi connectivity index (χ2v) is 8.46. The molecule has 0 atom stereocenters. The average molecular weight is 412 g/mol. The summed E-state index contributed by atoms with van der Waals surface area (Å²) in [7, 11) is 1.44. The lowest BCUT2D eigenvalue weighted by molar-refractivity contribution is -0.147. The number of hydrogen-bond acceptors (Lipinski definition) is 4. The van der Waals surface area contributed by atoms with Gasteiger partial charge in [0.15, 0.2) is 0 Å². The highest BCUT2D eigenvalue weighted by Gasteiger charge is 2.51. The summed E-state index contributed by atoms with van der Waals surface area (Å²) < 4.78 is 5.20. The number of carbonyl (C=O) groups excluding carboxylic acids is 1. The first-order valence-corrected chi connectivity index (χ1v) is 10.4. The lowest BCUT2D eigenvalue weighted by Gasteiger charge is -2.46. The third kappa shape index (κ3) is 3.45. The molecule has 1 saturated carbocycles. The molecule has 0 heterocycles. The minimum atomic E-state index is -0.785. The van der Waals surface area contributed by atoms with E-state index in [4.69, 9.17) is 16.3 Å². The van der Waals surface area contributed by atoms with Gasteiger partial charge in [-0.05, 0) is 61.4 Å². The number of nitrogens with one attached hydrogen (secondary N) is 1. The van der Waals surface area contributed by atoms with E-state index in [-0.39, 0.29) is 18.0 Å². The molecule has 152 valence electrons.